The Balaban J connectivity index is 1.82. The molecule has 0 bridgehead atoms. The summed E-state index contributed by atoms with van der Waals surface area (Å²) in [5.41, 5.74) is 2.33. The zero-order valence-electron chi connectivity index (χ0n) is 11.0. The van der Waals surface area contributed by atoms with Gasteiger partial charge in [-0.2, -0.15) is 0 Å². The lowest BCUT2D eigenvalue weighted by molar-refractivity contribution is 0.477. The van der Waals surface area contributed by atoms with Crippen molar-refractivity contribution >= 4 is 11.0 Å². The third-order valence-corrected chi connectivity index (χ3v) is 3.90. The van der Waals surface area contributed by atoms with E-state index in [1.807, 2.05) is 18.4 Å². The number of nitrogens with one attached hydrogen (secondary N) is 1. The summed E-state index contributed by atoms with van der Waals surface area (Å²) >= 11 is 0. The van der Waals surface area contributed by atoms with Crippen molar-refractivity contribution in [1.82, 2.24) is 5.32 Å². The molecule has 1 aliphatic rings. The summed E-state index contributed by atoms with van der Waals surface area (Å²) in [6, 6.07) is 8.77. The Kier molecular flexibility index (Phi) is 3.37. The monoisotopic (exact) mass is 243 g/mol. The SMILES string of the molecule is CCNC(CCC1CC1)c1coc2ccccc12. The average molecular weight is 243 g/mol. The first-order valence-corrected chi connectivity index (χ1v) is 7.08. The molecule has 1 saturated carbocycles. The van der Waals surface area contributed by atoms with Crippen LogP contribution in [0.15, 0.2) is 34.9 Å². The van der Waals surface area contributed by atoms with Crippen LogP contribution in [0.5, 0.6) is 0 Å². The fourth-order valence-electron chi connectivity index (χ4n) is 2.69. The van der Waals surface area contributed by atoms with Crippen LogP contribution >= 0.6 is 0 Å². The second kappa shape index (κ2) is 5.15. The van der Waals surface area contributed by atoms with Gasteiger partial charge in [-0.15, -0.1) is 0 Å². The topological polar surface area (TPSA) is 25.2 Å². The summed E-state index contributed by atoms with van der Waals surface area (Å²) in [6.45, 7) is 3.18. The van der Waals surface area contributed by atoms with Crippen LogP contribution in [0.1, 0.15) is 44.2 Å². The summed E-state index contributed by atoms with van der Waals surface area (Å²) in [5, 5.41) is 4.86. The predicted molar refractivity (Wildman–Crippen MR) is 74.6 cm³/mol. The highest BCUT2D eigenvalue weighted by atomic mass is 16.3. The number of para-hydroxylation sites is 1. The van der Waals surface area contributed by atoms with Crippen molar-refractivity contribution in [2.45, 2.75) is 38.6 Å². The zero-order valence-corrected chi connectivity index (χ0v) is 11.0. The maximum Gasteiger partial charge on any atom is 0.134 e. The van der Waals surface area contributed by atoms with Crippen molar-refractivity contribution in [1.29, 1.82) is 0 Å². The smallest absolute Gasteiger partial charge is 0.134 e. The highest BCUT2D eigenvalue weighted by molar-refractivity contribution is 5.81. The van der Waals surface area contributed by atoms with Crippen molar-refractivity contribution < 1.29 is 4.42 Å². The van der Waals surface area contributed by atoms with E-state index in [2.05, 4.69) is 24.4 Å². The van der Waals surface area contributed by atoms with E-state index in [4.69, 9.17) is 4.42 Å². The molecule has 0 amide bonds. The lowest BCUT2D eigenvalue weighted by Crippen LogP contribution is -2.20. The van der Waals surface area contributed by atoms with Gasteiger partial charge in [0.15, 0.2) is 0 Å². The molecule has 1 aromatic carbocycles. The van der Waals surface area contributed by atoms with Crippen LogP contribution < -0.4 is 5.32 Å². The van der Waals surface area contributed by atoms with Crippen molar-refractivity contribution in [3.05, 3.63) is 36.1 Å². The summed E-state index contributed by atoms with van der Waals surface area (Å²) in [7, 11) is 0. The first-order chi connectivity index (χ1) is 8.88. The minimum Gasteiger partial charge on any atom is -0.464 e. The Hall–Kier alpha value is -1.28. The number of hydrogen-bond acceptors (Lipinski definition) is 2. The molecule has 1 aliphatic carbocycles. The Morgan fingerprint density at radius 2 is 2.17 bits per heavy atom. The number of furan rings is 1. The number of rotatable bonds is 6. The van der Waals surface area contributed by atoms with Crippen LogP contribution in [0.25, 0.3) is 11.0 Å². The third kappa shape index (κ3) is 2.44. The van der Waals surface area contributed by atoms with E-state index >= 15 is 0 Å². The van der Waals surface area contributed by atoms with E-state index in [9.17, 15) is 0 Å². The fourth-order valence-corrected chi connectivity index (χ4v) is 2.69. The van der Waals surface area contributed by atoms with Gasteiger partial charge in [0.25, 0.3) is 0 Å². The lowest BCUT2D eigenvalue weighted by atomic mass is 10.00. The number of benzene rings is 1. The summed E-state index contributed by atoms with van der Waals surface area (Å²) in [5.74, 6) is 0.990. The van der Waals surface area contributed by atoms with Crippen molar-refractivity contribution in [2.75, 3.05) is 6.54 Å². The summed E-state index contributed by atoms with van der Waals surface area (Å²) < 4.78 is 5.66. The number of fused-ring (bicyclic) bond motifs is 1. The number of hydrogen-bond donors (Lipinski definition) is 1. The van der Waals surface area contributed by atoms with E-state index in [1.165, 1.54) is 36.6 Å². The quantitative estimate of drug-likeness (QED) is 0.819. The maximum atomic E-state index is 5.66. The van der Waals surface area contributed by atoms with Crippen LogP contribution in [0.4, 0.5) is 0 Å². The lowest BCUT2D eigenvalue weighted by Gasteiger charge is -2.16. The van der Waals surface area contributed by atoms with Crippen molar-refractivity contribution in [3.63, 3.8) is 0 Å². The molecule has 18 heavy (non-hydrogen) atoms. The molecule has 2 aromatic rings. The van der Waals surface area contributed by atoms with Gasteiger partial charge in [0.1, 0.15) is 5.58 Å². The standard InChI is InChI=1S/C16H21NO/c1-2-17-15(10-9-12-7-8-12)14-11-18-16-6-4-3-5-13(14)16/h3-6,11-12,15,17H,2,7-10H2,1H3. The van der Waals surface area contributed by atoms with Crippen LogP contribution in [0, 0.1) is 5.92 Å². The molecule has 1 unspecified atom stereocenters. The molecule has 1 N–H and O–H groups in total. The Morgan fingerprint density at radius 3 is 2.94 bits per heavy atom. The minimum absolute atomic E-state index is 0.444. The first kappa shape index (κ1) is 11.8. The fraction of sp³-hybridized carbons (Fsp3) is 0.500. The van der Waals surface area contributed by atoms with Gasteiger partial charge in [-0.05, 0) is 31.4 Å². The van der Waals surface area contributed by atoms with Gasteiger partial charge in [0.2, 0.25) is 0 Å². The van der Waals surface area contributed by atoms with Crippen LogP contribution in [-0.4, -0.2) is 6.54 Å². The molecule has 2 nitrogen and oxygen atoms in total. The molecule has 1 aromatic heterocycles. The average Bonchev–Trinajstić information content (AvgIpc) is 3.13. The van der Waals surface area contributed by atoms with E-state index in [0.29, 0.717) is 6.04 Å². The largest absolute Gasteiger partial charge is 0.464 e. The third-order valence-electron chi connectivity index (χ3n) is 3.90. The zero-order chi connectivity index (χ0) is 12.4. The van der Waals surface area contributed by atoms with Crippen molar-refractivity contribution in [2.24, 2.45) is 5.92 Å². The van der Waals surface area contributed by atoms with Gasteiger partial charge in [-0.3, -0.25) is 0 Å². The Bertz CT molecular complexity index is 513. The molecule has 96 valence electrons. The van der Waals surface area contributed by atoms with Gasteiger partial charge in [0.05, 0.1) is 6.26 Å². The maximum absolute atomic E-state index is 5.66. The van der Waals surface area contributed by atoms with Gasteiger partial charge in [-0.1, -0.05) is 38.0 Å². The first-order valence-electron chi connectivity index (χ1n) is 7.08. The van der Waals surface area contributed by atoms with Crippen LogP contribution in [-0.2, 0) is 0 Å². The molecule has 0 saturated heterocycles. The van der Waals surface area contributed by atoms with Crippen LogP contribution in [0.2, 0.25) is 0 Å². The highest BCUT2D eigenvalue weighted by Crippen LogP contribution is 2.37. The van der Waals surface area contributed by atoms with Gasteiger partial charge >= 0.3 is 0 Å². The van der Waals surface area contributed by atoms with E-state index in [0.717, 1.165) is 18.0 Å². The molecule has 1 fully saturated rings. The van der Waals surface area contributed by atoms with Gasteiger partial charge < -0.3 is 9.73 Å². The molecule has 0 radical (unpaired) electrons. The van der Waals surface area contributed by atoms with Crippen LogP contribution in [0.3, 0.4) is 0 Å². The molecule has 0 spiro atoms. The van der Waals surface area contributed by atoms with E-state index < -0.39 is 0 Å². The minimum atomic E-state index is 0.444. The molecule has 3 rings (SSSR count). The molecule has 2 heteroatoms. The Labute approximate surface area is 108 Å². The normalized spacial score (nSPS) is 17.2. The van der Waals surface area contributed by atoms with E-state index in [1.54, 1.807) is 0 Å². The Morgan fingerprint density at radius 1 is 1.33 bits per heavy atom. The molecule has 1 atom stereocenters. The van der Waals surface area contributed by atoms with E-state index in [-0.39, 0.29) is 0 Å². The summed E-state index contributed by atoms with van der Waals surface area (Å²) in [4.78, 5) is 0. The summed E-state index contributed by atoms with van der Waals surface area (Å²) in [6.07, 6.45) is 7.38. The highest BCUT2D eigenvalue weighted by Gasteiger charge is 2.24. The van der Waals surface area contributed by atoms with Crippen molar-refractivity contribution in [3.8, 4) is 0 Å². The molecular formula is C16H21NO. The molecule has 1 heterocycles. The van der Waals surface area contributed by atoms with Gasteiger partial charge in [0, 0.05) is 17.0 Å². The second-order valence-electron chi connectivity index (χ2n) is 5.32. The van der Waals surface area contributed by atoms with Gasteiger partial charge in [-0.25, -0.2) is 0 Å². The molecule has 0 aliphatic heterocycles. The second-order valence-corrected chi connectivity index (χ2v) is 5.32. The molecular weight excluding hydrogens is 222 g/mol. The predicted octanol–water partition coefficient (Wildman–Crippen LogP) is 4.27.